The fraction of sp³-hybridized carbons (Fsp3) is 0.632. The van der Waals surface area contributed by atoms with E-state index in [1.54, 1.807) is 12.1 Å². The molecule has 1 saturated heterocycles. The second-order valence-corrected chi connectivity index (χ2v) is 8.33. The quantitative estimate of drug-likeness (QED) is 0.862. The summed E-state index contributed by atoms with van der Waals surface area (Å²) in [7, 11) is 0. The Kier molecular flexibility index (Phi) is 4.42. The van der Waals surface area contributed by atoms with Gasteiger partial charge >= 0.3 is 0 Å². The van der Waals surface area contributed by atoms with Crippen LogP contribution < -0.4 is 10.5 Å². The molecule has 6 heteroatoms. The van der Waals surface area contributed by atoms with Crippen molar-refractivity contribution in [2.45, 2.75) is 49.9 Å². The van der Waals surface area contributed by atoms with Crippen LogP contribution in [0.2, 0.25) is 5.02 Å². The van der Waals surface area contributed by atoms with E-state index in [1.165, 1.54) is 0 Å². The Balaban J connectivity index is 1.41. The fourth-order valence-corrected chi connectivity index (χ4v) is 4.66. The Morgan fingerprint density at radius 2 is 2.00 bits per heavy atom. The average Bonchev–Trinajstić information content (AvgIpc) is 2.95. The molecule has 25 heavy (non-hydrogen) atoms. The van der Waals surface area contributed by atoms with Crippen molar-refractivity contribution in [1.82, 2.24) is 4.90 Å². The number of benzene rings is 1. The molecule has 2 aliphatic carbocycles. The first-order chi connectivity index (χ1) is 11.9. The van der Waals surface area contributed by atoms with E-state index < -0.39 is 11.6 Å². The molecule has 3 aliphatic rings. The lowest BCUT2D eigenvalue weighted by molar-refractivity contribution is -0.139. The lowest BCUT2D eigenvalue weighted by Gasteiger charge is -2.39. The van der Waals surface area contributed by atoms with Crippen LogP contribution >= 0.6 is 11.6 Å². The van der Waals surface area contributed by atoms with Crippen LogP contribution in [0.25, 0.3) is 0 Å². The van der Waals surface area contributed by atoms with Crippen LogP contribution in [0, 0.1) is 11.8 Å². The van der Waals surface area contributed by atoms with Gasteiger partial charge in [0.2, 0.25) is 5.91 Å². The van der Waals surface area contributed by atoms with Gasteiger partial charge in [0, 0.05) is 18.1 Å². The van der Waals surface area contributed by atoms with Crippen molar-refractivity contribution in [2.75, 3.05) is 13.1 Å². The van der Waals surface area contributed by atoms with Crippen molar-refractivity contribution in [3.63, 3.8) is 0 Å². The second kappa shape index (κ2) is 6.45. The van der Waals surface area contributed by atoms with Gasteiger partial charge < -0.3 is 20.5 Å². The number of amides is 1. The maximum Gasteiger partial charge on any atom is 0.242 e. The molecule has 136 valence electrons. The summed E-state index contributed by atoms with van der Waals surface area (Å²) < 4.78 is 5.99. The summed E-state index contributed by atoms with van der Waals surface area (Å²) in [4.78, 5) is 14.6. The molecular formula is C19H25ClN2O3. The highest BCUT2D eigenvalue weighted by Gasteiger charge is 2.49. The number of hydrogen-bond acceptors (Lipinski definition) is 4. The second-order valence-electron chi connectivity index (χ2n) is 7.89. The van der Waals surface area contributed by atoms with Gasteiger partial charge in [-0.25, -0.2) is 0 Å². The summed E-state index contributed by atoms with van der Waals surface area (Å²) in [5.41, 5.74) is 5.57. The van der Waals surface area contributed by atoms with Gasteiger partial charge in [-0.15, -0.1) is 0 Å². The lowest BCUT2D eigenvalue weighted by Crippen LogP contribution is -2.59. The maximum absolute atomic E-state index is 12.7. The van der Waals surface area contributed by atoms with E-state index in [0.29, 0.717) is 35.6 Å². The zero-order valence-electron chi connectivity index (χ0n) is 14.2. The Morgan fingerprint density at radius 3 is 2.64 bits per heavy atom. The van der Waals surface area contributed by atoms with Gasteiger partial charge in [-0.2, -0.15) is 0 Å². The first kappa shape index (κ1) is 17.1. The van der Waals surface area contributed by atoms with E-state index in [-0.39, 0.29) is 12.0 Å². The Hall–Kier alpha value is -1.30. The summed E-state index contributed by atoms with van der Waals surface area (Å²) in [6.07, 6.45) is 3.26. The molecular weight excluding hydrogens is 340 g/mol. The smallest absolute Gasteiger partial charge is 0.242 e. The predicted octanol–water partition coefficient (Wildman–Crippen LogP) is 2.20. The molecule has 1 aromatic carbocycles. The number of ether oxygens (including phenoxy) is 1. The van der Waals surface area contributed by atoms with Gasteiger partial charge in [0.15, 0.2) is 0 Å². The molecule has 3 fully saturated rings. The number of rotatable bonds is 3. The molecule has 1 aromatic rings. The molecule has 0 spiro atoms. The molecule has 0 radical (unpaired) electrons. The van der Waals surface area contributed by atoms with Gasteiger partial charge in [-0.05, 0) is 62.1 Å². The van der Waals surface area contributed by atoms with E-state index in [0.717, 1.165) is 32.2 Å². The van der Waals surface area contributed by atoms with Gasteiger partial charge in [-0.3, -0.25) is 4.79 Å². The van der Waals surface area contributed by atoms with Crippen LogP contribution in [0.1, 0.15) is 32.1 Å². The number of halogens is 1. The Bertz CT molecular complexity index is 664. The number of nitrogens with two attached hydrogens (primary N) is 1. The SMILES string of the molecule is NC1(C(=O)N2C[C@H]3C[C@@H](Oc4cccc(Cl)c4)[C@H](O)C[C@H]3C2)CCC1. The normalized spacial score (nSPS) is 33.5. The number of aliphatic hydroxyl groups excluding tert-OH is 1. The molecule has 3 N–H and O–H groups in total. The van der Waals surface area contributed by atoms with Crippen LogP contribution in [0.5, 0.6) is 5.75 Å². The van der Waals surface area contributed by atoms with Crippen molar-refractivity contribution in [1.29, 1.82) is 0 Å². The molecule has 0 unspecified atom stereocenters. The van der Waals surface area contributed by atoms with Crippen LogP contribution in [0.15, 0.2) is 24.3 Å². The molecule has 4 rings (SSSR count). The fourth-order valence-electron chi connectivity index (χ4n) is 4.48. The number of aliphatic hydroxyl groups is 1. The van der Waals surface area contributed by atoms with E-state index in [4.69, 9.17) is 22.1 Å². The first-order valence-corrected chi connectivity index (χ1v) is 9.51. The highest BCUT2D eigenvalue weighted by atomic mass is 35.5. The van der Waals surface area contributed by atoms with Crippen LogP contribution in [0.4, 0.5) is 0 Å². The van der Waals surface area contributed by atoms with E-state index >= 15 is 0 Å². The number of likely N-dealkylation sites (tertiary alicyclic amines) is 1. The first-order valence-electron chi connectivity index (χ1n) is 9.13. The summed E-state index contributed by atoms with van der Waals surface area (Å²) in [6, 6.07) is 7.25. The molecule has 1 aliphatic heterocycles. The highest BCUT2D eigenvalue weighted by molar-refractivity contribution is 6.30. The van der Waals surface area contributed by atoms with Crippen LogP contribution in [0.3, 0.4) is 0 Å². The molecule has 0 aromatic heterocycles. The monoisotopic (exact) mass is 364 g/mol. The van der Waals surface area contributed by atoms with Crippen molar-refractivity contribution >= 4 is 17.5 Å². The largest absolute Gasteiger partial charge is 0.488 e. The third kappa shape index (κ3) is 3.25. The Morgan fingerprint density at radius 1 is 1.28 bits per heavy atom. The van der Waals surface area contributed by atoms with E-state index in [9.17, 15) is 9.90 Å². The van der Waals surface area contributed by atoms with E-state index in [2.05, 4.69) is 0 Å². The molecule has 1 amide bonds. The number of carbonyl (C=O) groups is 1. The minimum absolute atomic E-state index is 0.0925. The minimum atomic E-state index is -0.636. The average molecular weight is 365 g/mol. The summed E-state index contributed by atoms with van der Waals surface area (Å²) in [6.45, 7) is 1.44. The number of carbonyl (C=O) groups excluding carboxylic acids is 1. The number of hydrogen-bond donors (Lipinski definition) is 2. The standard InChI is InChI=1S/C19H25ClN2O3/c20-14-3-1-4-15(9-14)25-17-8-13-11-22(10-12(13)7-16(17)23)18(24)19(21)5-2-6-19/h1,3-4,9,12-13,16-17,23H,2,5-8,10-11,21H2/t12-,13+,16+,17+/m0/s1. The van der Waals surface area contributed by atoms with Crippen LogP contribution in [-0.2, 0) is 4.79 Å². The number of nitrogens with zero attached hydrogens (tertiary/aromatic N) is 1. The zero-order valence-corrected chi connectivity index (χ0v) is 15.0. The summed E-state index contributed by atoms with van der Waals surface area (Å²) in [5, 5.41) is 11.1. The van der Waals surface area contributed by atoms with Gasteiger partial charge in [0.1, 0.15) is 11.9 Å². The third-order valence-corrected chi connectivity index (χ3v) is 6.36. The van der Waals surface area contributed by atoms with Crippen molar-refractivity contribution < 1.29 is 14.6 Å². The number of fused-ring (bicyclic) bond motifs is 1. The minimum Gasteiger partial charge on any atom is -0.488 e. The zero-order chi connectivity index (χ0) is 17.6. The molecule has 0 bridgehead atoms. The molecule has 5 nitrogen and oxygen atoms in total. The summed E-state index contributed by atoms with van der Waals surface area (Å²) in [5.74, 6) is 1.47. The molecule has 4 atom stereocenters. The van der Waals surface area contributed by atoms with Gasteiger partial charge in [0.25, 0.3) is 0 Å². The topological polar surface area (TPSA) is 75.8 Å². The van der Waals surface area contributed by atoms with Gasteiger partial charge in [0.05, 0.1) is 11.6 Å². The third-order valence-electron chi connectivity index (χ3n) is 6.13. The predicted molar refractivity (Wildman–Crippen MR) is 95.4 cm³/mol. The Labute approximate surface area is 153 Å². The summed E-state index contributed by atoms with van der Waals surface area (Å²) >= 11 is 6.01. The highest BCUT2D eigenvalue weighted by Crippen LogP contribution is 2.40. The maximum atomic E-state index is 12.7. The van der Waals surface area contributed by atoms with Crippen molar-refractivity contribution in [2.24, 2.45) is 17.6 Å². The lowest BCUT2D eigenvalue weighted by atomic mass is 9.76. The van der Waals surface area contributed by atoms with Gasteiger partial charge in [-0.1, -0.05) is 17.7 Å². The van der Waals surface area contributed by atoms with Crippen LogP contribution in [-0.4, -0.2) is 46.7 Å². The molecule has 1 heterocycles. The van der Waals surface area contributed by atoms with E-state index in [1.807, 2.05) is 17.0 Å². The molecule has 2 saturated carbocycles. The van der Waals surface area contributed by atoms with Crippen molar-refractivity contribution in [3.05, 3.63) is 29.3 Å². The van der Waals surface area contributed by atoms with Crippen molar-refractivity contribution in [3.8, 4) is 5.75 Å².